The third kappa shape index (κ3) is 4.48. The molecule has 0 unspecified atom stereocenters. The van der Waals surface area contributed by atoms with Crippen LogP contribution in [0.2, 0.25) is 5.02 Å². The second-order valence-electron chi connectivity index (χ2n) is 4.74. The molecule has 0 aromatic carbocycles. The molecule has 1 heterocycles. The van der Waals surface area contributed by atoms with Crippen molar-refractivity contribution in [3.63, 3.8) is 0 Å². The molecule has 1 aliphatic rings. The summed E-state index contributed by atoms with van der Waals surface area (Å²) in [5.74, 6) is -0.203. The zero-order valence-corrected chi connectivity index (χ0v) is 11.7. The van der Waals surface area contributed by atoms with E-state index in [-0.39, 0.29) is 5.91 Å². The Labute approximate surface area is 118 Å². The summed E-state index contributed by atoms with van der Waals surface area (Å²) in [7, 11) is 0. The number of halogens is 1. The van der Waals surface area contributed by atoms with Crippen molar-refractivity contribution in [1.29, 1.82) is 0 Å². The van der Waals surface area contributed by atoms with E-state index < -0.39 is 0 Å². The number of hydrogen-bond donors (Lipinski definition) is 1. The number of pyridine rings is 1. The number of carbonyl (C=O) groups excluding carboxylic acids is 1. The molecule has 0 atom stereocenters. The SMILES string of the molecule is O=C(NCCOC1CCCCC1)c1cnccc1Cl. The van der Waals surface area contributed by atoms with Crippen molar-refractivity contribution < 1.29 is 9.53 Å². The highest BCUT2D eigenvalue weighted by molar-refractivity contribution is 6.33. The van der Waals surface area contributed by atoms with Crippen LogP contribution < -0.4 is 5.32 Å². The van der Waals surface area contributed by atoms with E-state index >= 15 is 0 Å². The maximum atomic E-state index is 11.8. The molecule has 2 rings (SSSR count). The highest BCUT2D eigenvalue weighted by Gasteiger charge is 2.14. The van der Waals surface area contributed by atoms with Gasteiger partial charge in [-0.2, -0.15) is 0 Å². The fourth-order valence-corrected chi connectivity index (χ4v) is 2.45. The average Bonchev–Trinajstić information content (AvgIpc) is 2.45. The monoisotopic (exact) mass is 282 g/mol. The number of hydrogen-bond acceptors (Lipinski definition) is 3. The largest absolute Gasteiger partial charge is 0.376 e. The maximum absolute atomic E-state index is 11.8. The molecule has 1 aromatic heterocycles. The predicted octanol–water partition coefficient (Wildman–Crippen LogP) is 2.81. The molecule has 0 radical (unpaired) electrons. The van der Waals surface area contributed by atoms with Crippen molar-refractivity contribution in [3.8, 4) is 0 Å². The van der Waals surface area contributed by atoms with E-state index in [1.165, 1.54) is 25.5 Å². The Bertz CT molecular complexity index is 420. The third-order valence-electron chi connectivity index (χ3n) is 3.31. The van der Waals surface area contributed by atoms with Crippen LogP contribution in [-0.4, -0.2) is 30.1 Å². The van der Waals surface area contributed by atoms with Crippen molar-refractivity contribution in [2.45, 2.75) is 38.2 Å². The number of nitrogens with zero attached hydrogens (tertiary/aromatic N) is 1. The molecule has 104 valence electrons. The van der Waals surface area contributed by atoms with Crippen LogP contribution in [0.4, 0.5) is 0 Å². The van der Waals surface area contributed by atoms with Gasteiger partial charge in [0.2, 0.25) is 0 Å². The standard InChI is InChI=1S/C14H19ClN2O2/c15-13-6-7-16-10-12(13)14(18)17-8-9-19-11-4-2-1-3-5-11/h6-7,10-11H,1-5,8-9H2,(H,17,18). The van der Waals surface area contributed by atoms with Crippen molar-refractivity contribution in [3.05, 3.63) is 29.0 Å². The summed E-state index contributed by atoms with van der Waals surface area (Å²) in [5.41, 5.74) is 0.404. The van der Waals surface area contributed by atoms with Crippen molar-refractivity contribution in [1.82, 2.24) is 10.3 Å². The van der Waals surface area contributed by atoms with Gasteiger partial charge in [-0.1, -0.05) is 30.9 Å². The molecule has 1 aromatic rings. The fourth-order valence-electron chi connectivity index (χ4n) is 2.26. The first-order valence-corrected chi connectivity index (χ1v) is 7.14. The van der Waals surface area contributed by atoms with Crippen LogP contribution in [0, 0.1) is 0 Å². The molecular weight excluding hydrogens is 264 g/mol. The first-order chi connectivity index (χ1) is 9.27. The minimum absolute atomic E-state index is 0.203. The summed E-state index contributed by atoms with van der Waals surface area (Å²) in [4.78, 5) is 15.7. The van der Waals surface area contributed by atoms with Crippen molar-refractivity contribution in [2.75, 3.05) is 13.2 Å². The topological polar surface area (TPSA) is 51.2 Å². The number of nitrogens with one attached hydrogen (secondary N) is 1. The van der Waals surface area contributed by atoms with Gasteiger partial charge in [0.15, 0.2) is 0 Å². The summed E-state index contributed by atoms with van der Waals surface area (Å²) in [5, 5.41) is 3.21. The van der Waals surface area contributed by atoms with Crippen molar-refractivity contribution in [2.24, 2.45) is 0 Å². The molecule has 0 saturated heterocycles. The molecule has 1 N–H and O–H groups in total. The summed E-state index contributed by atoms with van der Waals surface area (Å²) in [6.07, 6.45) is 9.50. The lowest BCUT2D eigenvalue weighted by Crippen LogP contribution is -2.29. The number of ether oxygens (including phenoxy) is 1. The van der Waals surface area contributed by atoms with Crippen LogP contribution in [0.3, 0.4) is 0 Å². The molecule has 1 saturated carbocycles. The first kappa shape index (κ1) is 14.3. The molecule has 1 fully saturated rings. The van der Waals surface area contributed by atoms with Gasteiger partial charge in [-0.3, -0.25) is 9.78 Å². The van der Waals surface area contributed by atoms with E-state index in [1.807, 2.05) is 0 Å². The Hall–Kier alpha value is -1.13. The highest BCUT2D eigenvalue weighted by Crippen LogP contribution is 2.19. The molecule has 5 heteroatoms. The summed E-state index contributed by atoms with van der Waals surface area (Å²) >= 11 is 5.92. The zero-order valence-electron chi connectivity index (χ0n) is 10.9. The van der Waals surface area contributed by atoms with Crippen LogP contribution in [0.5, 0.6) is 0 Å². The Morgan fingerprint density at radius 2 is 2.21 bits per heavy atom. The van der Waals surface area contributed by atoms with E-state index in [2.05, 4.69) is 10.3 Å². The minimum Gasteiger partial charge on any atom is -0.376 e. The lowest BCUT2D eigenvalue weighted by Gasteiger charge is -2.22. The van der Waals surface area contributed by atoms with Gasteiger partial charge >= 0.3 is 0 Å². The number of aromatic nitrogens is 1. The van der Waals surface area contributed by atoms with Gasteiger partial charge in [-0.15, -0.1) is 0 Å². The van der Waals surface area contributed by atoms with Gasteiger partial charge in [0.05, 0.1) is 23.3 Å². The van der Waals surface area contributed by atoms with E-state index in [0.717, 1.165) is 12.8 Å². The number of rotatable bonds is 5. The van der Waals surface area contributed by atoms with Crippen LogP contribution in [0.15, 0.2) is 18.5 Å². The summed E-state index contributed by atoms with van der Waals surface area (Å²) < 4.78 is 5.74. The third-order valence-corrected chi connectivity index (χ3v) is 3.64. The lowest BCUT2D eigenvalue weighted by atomic mass is 9.98. The number of carbonyl (C=O) groups is 1. The van der Waals surface area contributed by atoms with Crippen molar-refractivity contribution >= 4 is 17.5 Å². The minimum atomic E-state index is -0.203. The lowest BCUT2D eigenvalue weighted by molar-refractivity contribution is 0.0299. The van der Waals surface area contributed by atoms with E-state index in [4.69, 9.17) is 16.3 Å². The van der Waals surface area contributed by atoms with Gasteiger partial charge in [-0.25, -0.2) is 0 Å². The Kier molecular flexibility index (Phi) is 5.61. The van der Waals surface area contributed by atoms with Gasteiger partial charge in [-0.05, 0) is 18.9 Å². The van der Waals surface area contributed by atoms with Gasteiger partial charge in [0, 0.05) is 18.9 Å². The van der Waals surface area contributed by atoms with Crippen LogP contribution in [0.1, 0.15) is 42.5 Å². The Balaban J connectivity index is 1.68. The fraction of sp³-hybridized carbons (Fsp3) is 0.571. The molecule has 0 aliphatic heterocycles. The molecule has 1 amide bonds. The quantitative estimate of drug-likeness (QED) is 0.845. The van der Waals surface area contributed by atoms with Gasteiger partial charge in [0.25, 0.3) is 5.91 Å². The molecule has 4 nitrogen and oxygen atoms in total. The Morgan fingerprint density at radius 1 is 1.42 bits per heavy atom. The van der Waals surface area contributed by atoms with Gasteiger partial charge in [0.1, 0.15) is 0 Å². The molecular formula is C14H19ClN2O2. The normalized spacial score (nSPS) is 16.3. The zero-order chi connectivity index (χ0) is 13.5. The van der Waals surface area contributed by atoms with E-state index in [1.54, 1.807) is 12.3 Å². The predicted molar refractivity (Wildman–Crippen MR) is 74.4 cm³/mol. The first-order valence-electron chi connectivity index (χ1n) is 6.76. The van der Waals surface area contributed by atoms with Crippen LogP contribution >= 0.6 is 11.6 Å². The second kappa shape index (κ2) is 7.46. The highest BCUT2D eigenvalue weighted by atomic mass is 35.5. The van der Waals surface area contributed by atoms with E-state index in [9.17, 15) is 4.79 Å². The Morgan fingerprint density at radius 3 is 2.95 bits per heavy atom. The van der Waals surface area contributed by atoms with Crippen LogP contribution in [-0.2, 0) is 4.74 Å². The van der Waals surface area contributed by atoms with Gasteiger partial charge < -0.3 is 10.1 Å². The molecule has 1 aliphatic carbocycles. The maximum Gasteiger partial charge on any atom is 0.254 e. The average molecular weight is 283 g/mol. The second-order valence-corrected chi connectivity index (χ2v) is 5.15. The molecule has 0 spiro atoms. The van der Waals surface area contributed by atoms with E-state index in [0.29, 0.717) is 29.8 Å². The summed E-state index contributed by atoms with van der Waals surface area (Å²) in [6.45, 7) is 1.05. The number of amides is 1. The summed E-state index contributed by atoms with van der Waals surface area (Å²) in [6, 6.07) is 1.61. The molecule has 19 heavy (non-hydrogen) atoms. The smallest absolute Gasteiger partial charge is 0.254 e. The molecule has 0 bridgehead atoms. The van der Waals surface area contributed by atoms with Crippen LogP contribution in [0.25, 0.3) is 0 Å².